The lowest BCUT2D eigenvalue weighted by molar-refractivity contribution is 0.861. The Bertz CT molecular complexity index is 689. The van der Waals surface area contributed by atoms with Crippen molar-refractivity contribution in [1.29, 1.82) is 0 Å². The van der Waals surface area contributed by atoms with Crippen LogP contribution in [0.3, 0.4) is 0 Å². The van der Waals surface area contributed by atoms with Crippen molar-refractivity contribution in [3.63, 3.8) is 0 Å². The normalized spacial score (nSPS) is 10.8. The molecule has 0 aliphatic heterocycles. The summed E-state index contributed by atoms with van der Waals surface area (Å²) in [5, 5.41) is 11.7. The summed E-state index contributed by atoms with van der Waals surface area (Å²) in [4.78, 5) is 4.09. The zero-order valence-corrected chi connectivity index (χ0v) is 10.7. The van der Waals surface area contributed by atoms with Crippen molar-refractivity contribution in [2.24, 2.45) is 0 Å². The fourth-order valence-corrected chi connectivity index (χ4v) is 2.04. The molecule has 96 valence electrons. The van der Waals surface area contributed by atoms with Crippen molar-refractivity contribution >= 4 is 11.3 Å². The number of nitrogens with zero attached hydrogens (tertiary/aromatic N) is 4. The average molecular weight is 253 g/mol. The third-order valence-electron chi connectivity index (χ3n) is 3.09. The monoisotopic (exact) mass is 253 g/mol. The van der Waals surface area contributed by atoms with Crippen molar-refractivity contribution in [2.45, 2.75) is 13.3 Å². The minimum Gasteiger partial charge on any atom is -0.384 e. The first-order valence-corrected chi connectivity index (χ1v) is 6.28. The van der Waals surface area contributed by atoms with E-state index in [0.29, 0.717) is 0 Å². The highest BCUT2D eigenvalue weighted by molar-refractivity contribution is 5.50. The first-order valence-electron chi connectivity index (χ1n) is 6.28. The Morgan fingerprint density at radius 3 is 2.95 bits per heavy atom. The molecule has 0 radical (unpaired) electrons. The van der Waals surface area contributed by atoms with E-state index in [0.717, 1.165) is 30.1 Å². The van der Waals surface area contributed by atoms with Crippen LogP contribution >= 0.6 is 0 Å². The van der Waals surface area contributed by atoms with Gasteiger partial charge in [0.1, 0.15) is 12.2 Å². The summed E-state index contributed by atoms with van der Waals surface area (Å²) in [6.07, 6.45) is 4.28. The van der Waals surface area contributed by atoms with Crippen LogP contribution in [0.5, 0.6) is 0 Å². The molecule has 0 fully saturated rings. The molecule has 0 amide bonds. The highest BCUT2D eigenvalue weighted by Gasteiger charge is 2.04. The Kier molecular flexibility index (Phi) is 3.10. The van der Waals surface area contributed by atoms with Gasteiger partial charge in [0.15, 0.2) is 5.65 Å². The molecule has 2 heterocycles. The lowest BCUT2D eigenvalue weighted by atomic mass is 10.2. The maximum atomic E-state index is 4.18. The number of hydrogen-bond donors (Lipinski definition) is 1. The van der Waals surface area contributed by atoms with Crippen molar-refractivity contribution < 1.29 is 0 Å². The van der Waals surface area contributed by atoms with Crippen LogP contribution in [-0.2, 0) is 6.42 Å². The van der Waals surface area contributed by atoms with Crippen LogP contribution in [0.25, 0.3) is 5.65 Å². The second-order valence-electron chi connectivity index (χ2n) is 4.42. The Morgan fingerprint density at radius 2 is 2.05 bits per heavy atom. The smallest absolute Gasteiger partial charge is 0.163 e. The van der Waals surface area contributed by atoms with Gasteiger partial charge in [-0.2, -0.15) is 0 Å². The van der Waals surface area contributed by atoms with Crippen molar-refractivity contribution in [3.05, 3.63) is 54.2 Å². The van der Waals surface area contributed by atoms with Crippen LogP contribution < -0.4 is 5.32 Å². The maximum absolute atomic E-state index is 4.18. The van der Waals surface area contributed by atoms with Crippen LogP contribution in [0.4, 0.5) is 5.69 Å². The van der Waals surface area contributed by atoms with Gasteiger partial charge in [0.05, 0.1) is 0 Å². The molecule has 0 aliphatic carbocycles. The molecule has 0 atom stereocenters. The summed E-state index contributed by atoms with van der Waals surface area (Å²) >= 11 is 0. The third kappa shape index (κ3) is 2.40. The molecule has 1 aromatic carbocycles. The first-order chi connectivity index (χ1) is 9.34. The Hall–Kier alpha value is -2.43. The Labute approximate surface area is 111 Å². The summed E-state index contributed by atoms with van der Waals surface area (Å²) in [6, 6.07) is 10.1. The fourth-order valence-electron chi connectivity index (χ4n) is 2.04. The lowest BCUT2D eigenvalue weighted by Gasteiger charge is -2.08. The number of aromatic nitrogens is 4. The van der Waals surface area contributed by atoms with Crippen LogP contribution in [0.2, 0.25) is 0 Å². The number of fused-ring (bicyclic) bond motifs is 1. The molecule has 0 unspecified atom stereocenters. The van der Waals surface area contributed by atoms with Gasteiger partial charge in [-0.25, -0.2) is 4.98 Å². The van der Waals surface area contributed by atoms with E-state index in [4.69, 9.17) is 0 Å². The van der Waals surface area contributed by atoms with Gasteiger partial charge in [0.25, 0.3) is 0 Å². The molecular formula is C14H15N5. The molecular weight excluding hydrogens is 238 g/mol. The quantitative estimate of drug-likeness (QED) is 0.773. The van der Waals surface area contributed by atoms with E-state index < -0.39 is 0 Å². The second-order valence-corrected chi connectivity index (χ2v) is 4.42. The van der Waals surface area contributed by atoms with E-state index in [1.165, 1.54) is 5.56 Å². The largest absolute Gasteiger partial charge is 0.384 e. The molecule has 0 spiro atoms. The molecule has 5 heteroatoms. The standard InChI is InChI=1S/C14H15N5/c1-11-4-2-3-5-12(11)16-9-7-14-18-17-13-6-8-15-10-19(13)14/h2-6,8,10,16H,7,9H2,1H3. The Morgan fingerprint density at radius 1 is 1.16 bits per heavy atom. The summed E-state index contributed by atoms with van der Waals surface area (Å²) < 4.78 is 1.92. The second kappa shape index (κ2) is 5.06. The number of anilines is 1. The number of benzene rings is 1. The summed E-state index contributed by atoms with van der Waals surface area (Å²) in [5.41, 5.74) is 3.24. The van der Waals surface area contributed by atoms with E-state index in [1.807, 2.05) is 22.6 Å². The highest BCUT2D eigenvalue weighted by atomic mass is 15.3. The number of hydrogen-bond acceptors (Lipinski definition) is 4. The Balaban J connectivity index is 1.68. The topological polar surface area (TPSA) is 55.1 Å². The van der Waals surface area contributed by atoms with Crippen LogP contribution in [0, 0.1) is 6.92 Å². The summed E-state index contributed by atoms with van der Waals surface area (Å²) in [5.74, 6) is 0.921. The molecule has 0 bridgehead atoms. The number of nitrogens with one attached hydrogen (secondary N) is 1. The number of rotatable bonds is 4. The van der Waals surface area contributed by atoms with Gasteiger partial charge >= 0.3 is 0 Å². The van der Waals surface area contributed by atoms with E-state index >= 15 is 0 Å². The van der Waals surface area contributed by atoms with Gasteiger partial charge in [-0.15, -0.1) is 10.2 Å². The van der Waals surface area contributed by atoms with Crippen molar-refractivity contribution in [3.8, 4) is 0 Å². The van der Waals surface area contributed by atoms with Crippen molar-refractivity contribution in [2.75, 3.05) is 11.9 Å². The van der Waals surface area contributed by atoms with Gasteiger partial charge in [0, 0.05) is 30.9 Å². The van der Waals surface area contributed by atoms with E-state index in [2.05, 4.69) is 39.6 Å². The van der Waals surface area contributed by atoms with Crippen molar-refractivity contribution in [1.82, 2.24) is 19.6 Å². The average Bonchev–Trinajstić information content (AvgIpc) is 2.85. The van der Waals surface area contributed by atoms with Crippen LogP contribution in [0.15, 0.2) is 42.9 Å². The third-order valence-corrected chi connectivity index (χ3v) is 3.09. The first kappa shape index (κ1) is 11.6. The predicted molar refractivity (Wildman–Crippen MR) is 74.2 cm³/mol. The molecule has 19 heavy (non-hydrogen) atoms. The molecule has 3 rings (SSSR count). The maximum Gasteiger partial charge on any atom is 0.163 e. The zero-order valence-electron chi connectivity index (χ0n) is 10.7. The van der Waals surface area contributed by atoms with Crippen LogP contribution in [0.1, 0.15) is 11.4 Å². The lowest BCUT2D eigenvalue weighted by Crippen LogP contribution is -2.08. The molecule has 5 nitrogen and oxygen atoms in total. The van der Waals surface area contributed by atoms with Gasteiger partial charge in [-0.05, 0) is 18.6 Å². The molecule has 0 saturated carbocycles. The summed E-state index contributed by atoms with van der Waals surface area (Å²) in [6.45, 7) is 2.92. The number of aryl methyl sites for hydroxylation is 1. The molecule has 0 aliphatic rings. The minimum atomic E-state index is 0.807. The predicted octanol–water partition coefficient (Wildman–Crippen LogP) is 2.09. The van der Waals surface area contributed by atoms with Gasteiger partial charge in [-0.3, -0.25) is 4.40 Å². The van der Waals surface area contributed by atoms with Gasteiger partial charge in [-0.1, -0.05) is 18.2 Å². The molecule has 0 saturated heterocycles. The summed E-state index contributed by atoms with van der Waals surface area (Å²) in [7, 11) is 0. The molecule has 1 N–H and O–H groups in total. The minimum absolute atomic E-state index is 0.807. The van der Waals surface area contributed by atoms with Gasteiger partial charge in [0.2, 0.25) is 0 Å². The highest BCUT2D eigenvalue weighted by Crippen LogP contribution is 2.13. The van der Waals surface area contributed by atoms with E-state index in [-0.39, 0.29) is 0 Å². The van der Waals surface area contributed by atoms with E-state index in [1.54, 1.807) is 12.5 Å². The van der Waals surface area contributed by atoms with Gasteiger partial charge < -0.3 is 5.32 Å². The number of para-hydroxylation sites is 1. The fraction of sp³-hybridized carbons (Fsp3) is 0.214. The zero-order chi connectivity index (χ0) is 13.1. The molecule has 2 aromatic heterocycles. The molecule has 3 aromatic rings. The SMILES string of the molecule is Cc1ccccc1NCCc1nnc2ccncn12. The van der Waals surface area contributed by atoms with E-state index in [9.17, 15) is 0 Å². The van der Waals surface area contributed by atoms with Crippen LogP contribution in [-0.4, -0.2) is 26.1 Å².